The van der Waals surface area contributed by atoms with Gasteiger partial charge in [-0.05, 0) is 42.8 Å². The van der Waals surface area contributed by atoms with Crippen LogP contribution >= 0.6 is 0 Å². The van der Waals surface area contributed by atoms with E-state index in [0.29, 0.717) is 16.8 Å². The first-order chi connectivity index (χ1) is 13.0. The first kappa shape index (κ1) is 18.2. The fourth-order valence-corrected chi connectivity index (χ4v) is 2.59. The zero-order valence-electron chi connectivity index (χ0n) is 15.3. The van der Waals surface area contributed by atoms with Crippen molar-refractivity contribution < 1.29 is 14.3 Å². The number of aryl methyl sites for hydroxylation is 2. The van der Waals surface area contributed by atoms with Crippen molar-refractivity contribution in [2.24, 2.45) is 7.05 Å². The van der Waals surface area contributed by atoms with Crippen LogP contribution < -0.4 is 15.4 Å². The van der Waals surface area contributed by atoms with Crippen molar-refractivity contribution in [3.8, 4) is 5.88 Å². The second-order valence-electron chi connectivity index (χ2n) is 6.03. The Labute approximate surface area is 157 Å². The number of rotatable bonds is 5. The summed E-state index contributed by atoms with van der Waals surface area (Å²) in [7, 11) is 3.17. The van der Waals surface area contributed by atoms with E-state index in [2.05, 4.69) is 15.7 Å². The third-order valence-electron chi connectivity index (χ3n) is 4.03. The predicted molar refractivity (Wildman–Crippen MR) is 103 cm³/mol. The summed E-state index contributed by atoms with van der Waals surface area (Å²) in [5.74, 6) is -0.294. The van der Waals surface area contributed by atoms with E-state index in [1.54, 1.807) is 37.5 Å². The normalized spacial score (nSPS) is 10.3. The second kappa shape index (κ2) is 7.74. The van der Waals surface area contributed by atoms with Gasteiger partial charge in [0.05, 0.1) is 7.11 Å². The monoisotopic (exact) mass is 364 g/mol. The van der Waals surface area contributed by atoms with E-state index in [-0.39, 0.29) is 17.7 Å². The lowest BCUT2D eigenvalue weighted by atomic mass is 10.1. The molecule has 7 heteroatoms. The zero-order valence-corrected chi connectivity index (χ0v) is 15.3. The SMILES string of the molecule is COc1nn(C)cc1C(=O)Nc1ccc(C(=O)Nc2ccccc2C)cc1. The van der Waals surface area contributed by atoms with E-state index < -0.39 is 0 Å². The van der Waals surface area contributed by atoms with Crippen LogP contribution in [0.2, 0.25) is 0 Å². The maximum absolute atomic E-state index is 12.4. The molecule has 138 valence electrons. The zero-order chi connectivity index (χ0) is 19.4. The van der Waals surface area contributed by atoms with Crippen molar-refractivity contribution >= 4 is 23.2 Å². The summed E-state index contributed by atoms with van der Waals surface area (Å²) in [5.41, 5.74) is 3.15. The smallest absolute Gasteiger partial charge is 0.262 e. The highest BCUT2D eigenvalue weighted by Gasteiger charge is 2.16. The topological polar surface area (TPSA) is 85.2 Å². The minimum Gasteiger partial charge on any atom is -0.479 e. The number of aromatic nitrogens is 2. The minimum atomic E-state index is -0.336. The molecule has 0 fully saturated rings. The Morgan fingerprint density at radius 3 is 2.37 bits per heavy atom. The Bertz CT molecular complexity index is 977. The summed E-state index contributed by atoms with van der Waals surface area (Å²) < 4.78 is 6.60. The number of nitrogens with one attached hydrogen (secondary N) is 2. The largest absolute Gasteiger partial charge is 0.479 e. The number of hydrogen-bond acceptors (Lipinski definition) is 4. The molecule has 2 amide bonds. The lowest BCUT2D eigenvalue weighted by Crippen LogP contribution is -2.14. The number of hydrogen-bond donors (Lipinski definition) is 2. The number of carbonyl (C=O) groups is 2. The predicted octanol–water partition coefficient (Wildman–Crippen LogP) is 3.24. The molecular weight excluding hydrogens is 344 g/mol. The molecule has 2 N–H and O–H groups in total. The van der Waals surface area contributed by atoms with Crippen LogP contribution in [-0.2, 0) is 7.05 Å². The number of carbonyl (C=O) groups excluding carboxylic acids is 2. The number of para-hydroxylation sites is 1. The molecular formula is C20H20N4O3. The van der Waals surface area contributed by atoms with E-state index in [0.717, 1.165) is 11.3 Å². The fourth-order valence-electron chi connectivity index (χ4n) is 2.59. The standard InChI is InChI=1S/C20H20N4O3/c1-13-6-4-5-7-17(13)22-18(25)14-8-10-15(11-9-14)21-19(26)16-12-24(2)23-20(16)27-3/h4-12H,1-3H3,(H,21,26)(H,22,25). The number of nitrogens with zero attached hydrogens (tertiary/aromatic N) is 2. The molecule has 7 nitrogen and oxygen atoms in total. The summed E-state index contributed by atoms with van der Waals surface area (Å²) in [5, 5.41) is 9.70. The molecule has 0 bridgehead atoms. The van der Waals surface area contributed by atoms with Gasteiger partial charge >= 0.3 is 0 Å². The first-order valence-corrected chi connectivity index (χ1v) is 8.34. The van der Waals surface area contributed by atoms with Crippen LogP contribution in [0.1, 0.15) is 26.3 Å². The van der Waals surface area contributed by atoms with Gasteiger partial charge in [-0.15, -0.1) is 5.10 Å². The minimum absolute atomic E-state index is 0.212. The van der Waals surface area contributed by atoms with Crippen LogP contribution in [-0.4, -0.2) is 28.7 Å². The van der Waals surface area contributed by atoms with Crippen molar-refractivity contribution in [3.63, 3.8) is 0 Å². The van der Waals surface area contributed by atoms with Gasteiger partial charge in [-0.2, -0.15) is 0 Å². The van der Waals surface area contributed by atoms with Gasteiger partial charge in [-0.25, -0.2) is 0 Å². The van der Waals surface area contributed by atoms with Gasteiger partial charge < -0.3 is 15.4 Å². The van der Waals surface area contributed by atoms with Crippen LogP contribution in [0.25, 0.3) is 0 Å². The van der Waals surface area contributed by atoms with Gasteiger partial charge in [0.15, 0.2) is 0 Å². The number of anilines is 2. The van der Waals surface area contributed by atoms with Crippen LogP contribution in [0.3, 0.4) is 0 Å². The quantitative estimate of drug-likeness (QED) is 0.728. The van der Waals surface area contributed by atoms with Crippen LogP contribution in [0.5, 0.6) is 5.88 Å². The molecule has 0 saturated heterocycles. The molecule has 0 saturated carbocycles. The maximum atomic E-state index is 12.4. The van der Waals surface area contributed by atoms with Crippen molar-refractivity contribution in [2.75, 3.05) is 17.7 Å². The van der Waals surface area contributed by atoms with E-state index in [1.165, 1.54) is 11.8 Å². The highest BCUT2D eigenvalue weighted by atomic mass is 16.5. The van der Waals surface area contributed by atoms with Gasteiger partial charge in [0.1, 0.15) is 5.56 Å². The van der Waals surface area contributed by atoms with Crippen LogP contribution in [0, 0.1) is 6.92 Å². The van der Waals surface area contributed by atoms with Gasteiger partial charge in [0.25, 0.3) is 11.8 Å². The molecule has 0 atom stereocenters. The summed E-state index contributed by atoms with van der Waals surface area (Å²) in [6.07, 6.45) is 1.58. The molecule has 0 radical (unpaired) electrons. The van der Waals surface area contributed by atoms with Crippen LogP contribution in [0.4, 0.5) is 11.4 Å². The molecule has 3 rings (SSSR count). The molecule has 1 heterocycles. The molecule has 3 aromatic rings. The summed E-state index contributed by atoms with van der Waals surface area (Å²) in [6.45, 7) is 1.93. The van der Waals surface area contributed by atoms with Crippen molar-refractivity contribution in [3.05, 3.63) is 71.4 Å². The van der Waals surface area contributed by atoms with E-state index in [1.807, 2.05) is 31.2 Å². The van der Waals surface area contributed by atoms with Crippen LogP contribution in [0.15, 0.2) is 54.7 Å². The number of ether oxygens (including phenoxy) is 1. The lowest BCUT2D eigenvalue weighted by Gasteiger charge is -2.09. The van der Waals surface area contributed by atoms with Gasteiger partial charge in [-0.1, -0.05) is 18.2 Å². The molecule has 2 aromatic carbocycles. The Hall–Kier alpha value is -3.61. The fraction of sp³-hybridized carbons (Fsp3) is 0.150. The second-order valence-corrected chi connectivity index (χ2v) is 6.03. The number of benzene rings is 2. The van der Waals surface area contributed by atoms with E-state index >= 15 is 0 Å². The third kappa shape index (κ3) is 4.14. The number of methoxy groups -OCH3 is 1. The summed E-state index contributed by atoms with van der Waals surface area (Å²) >= 11 is 0. The molecule has 0 unspecified atom stereocenters. The lowest BCUT2D eigenvalue weighted by molar-refractivity contribution is 0.101. The molecule has 0 aliphatic carbocycles. The molecule has 0 spiro atoms. The Morgan fingerprint density at radius 2 is 1.70 bits per heavy atom. The Morgan fingerprint density at radius 1 is 1.00 bits per heavy atom. The summed E-state index contributed by atoms with van der Waals surface area (Å²) in [6, 6.07) is 14.2. The van der Waals surface area contributed by atoms with Crippen molar-refractivity contribution in [1.82, 2.24) is 9.78 Å². The van der Waals surface area contributed by atoms with Gasteiger partial charge in [0, 0.05) is 30.2 Å². The summed E-state index contributed by atoms with van der Waals surface area (Å²) in [4.78, 5) is 24.8. The highest BCUT2D eigenvalue weighted by Crippen LogP contribution is 2.19. The first-order valence-electron chi connectivity index (χ1n) is 8.34. The van der Waals surface area contributed by atoms with Crippen molar-refractivity contribution in [2.45, 2.75) is 6.92 Å². The van der Waals surface area contributed by atoms with Gasteiger partial charge in [-0.3, -0.25) is 14.3 Å². The molecule has 0 aliphatic rings. The van der Waals surface area contributed by atoms with Crippen molar-refractivity contribution in [1.29, 1.82) is 0 Å². The third-order valence-corrected chi connectivity index (χ3v) is 4.03. The Balaban J connectivity index is 1.69. The Kier molecular flexibility index (Phi) is 5.21. The number of amides is 2. The van der Waals surface area contributed by atoms with E-state index in [9.17, 15) is 9.59 Å². The van der Waals surface area contributed by atoms with Gasteiger partial charge in [0.2, 0.25) is 5.88 Å². The van der Waals surface area contributed by atoms with E-state index in [4.69, 9.17) is 4.74 Å². The molecule has 0 aliphatic heterocycles. The molecule has 27 heavy (non-hydrogen) atoms. The average Bonchev–Trinajstić information content (AvgIpc) is 3.05. The molecule has 1 aromatic heterocycles. The maximum Gasteiger partial charge on any atom is 0.262 e. The highest BCUT2D eigenvalue weighted by molar-refractivity contribution is 6.07. The average molecular weight is 364 g/mol.